The number of amides is 1. The van der Waals surface area contributed by atoms with Gasteiger partial charge in [-0.25, -0.2) is 0 Å². The molecule has 0 fully saturated rings. The molecule has 1 amide bonds. The predicted octanol–water partition coefficient (Wildman–Crippen LogP) is 7.07. The third kappa shape index (κ3) is 8.94. The van der Waals surface area contributed by atoms with Gasteiger partial charge < -0.3 is 5.32 Å². The minimum Gasteiger partial charge on any atom is -0.325 e. The number of carbonyl (C=O) groups is 1. The van der Waals surface area contributed by atoms with E-state index in [1.54, 1.807) is 0 Å². The lowest BCUT2D eigenvalue weighted by molar-refractivity contribution is -0.116. The van der Waals surface area contributed by atoms with Gasteiger partial charge in [0.05, 0.1) is 5.69 Å². The third-order valence-electron chi connectivity index (χ3n) is 3.71. The number of benzene rings is 1. The van der Waals surface area contributed by atoms with Gasteiger partial charge >= 0.3 is 0 Å². The highest BCUT2D eigenvalue weighted by molar-refractivity contribution is 9.11. The van der Waals surface area contributed by atoms with Gasteiger partial charge in [0.1, 0.15) is 0 Å². The fourth-order valence-electron chi connectivity index (χ4n) is 2.40. The minimum absolute atomic E-state index is 0.103. The Morgan fingerprint density at radius 1 is 0.955 bits per heavy atom. The first kappa shape index (κ1) is 19.7. The number of anilines is 1. The van der Waals surface area contributed by atoms with Crippen LogP contribution >= 0.6 is 31.9 Å². The van der Waals surface area contributed by atoms with E-state index < -0.39 is 0 Å². The lowest BCUT2D eigenvalue weighted by Crippen LogP contribution is -2.11. The van der Waals surface area contributed by atoms with Gasteiger partial charge in [0.25, 0.3) is 0 Å². The van der Waals surface area contributed by atoms with Crippen LogP contribution in [0, 0.1) is 0 Å². The van der Waals surface area contributed by atoms with Crippen molar-refractivity contribution in [1.29, 1.82) is 0 Å². The van der Waals surface area contributed by atoms with Crippen LogP contribution in [0.2, 0.25) is 0 Å². The van der Waals surface area contributed by atoms with Crippen LogP contribution in [0.1, 0.15) is 71.1 Å². The van der Waals surface area contributed by atoms with Crippen molar-refractivity contribution in [3.63, 3.8) is 0 Å². The molecule has 0 saturated heterocycles. The van der Waals surface area contributed by atoms with E-state index in [9.17, 15) is 4.79 Å². The molecular formula is C18H27Br2NO. The predicted molar refractivity (Wildman–Crippen MR) is 102 cm³/mol. The Kier molecular flexibility index (Phi) is 10.9. The largest absolute Gasteiger partial charge is 0.325 e. The van der Waals surface area contributed by atoms with Gasteiger partial charge in [0.15, 0.2) is 0 Å². The van der Waals surface area contributed by atoms with E-state index in [4.69, 9.17) is 0 Å². The lowest BCUT2D eigenvalue weighted by atomic mass is 10.1. The topological polar surface area (TPSA) is 29.1 Å². The maximum Gasteiger partial charge on any atom is 0.224 e. The highest BCUT2D eigenvalue weighted by Crippen LogP contribution is 2.26. The second kappa shape index (κ2) is 12.1. The number of hydrogen-bond donors (Lipinski definition) is 1. The molecule has 2 nitrogen and oxygen atoms in total. The van der Waals surface area contributed by atoms with Crippen molar-refractivity contribution in [2.24, 2.45) is 0 Å². The molecule has 1 N–H and O–H groups in total. The second-order valence-corrected chi connectivity index (χ2v) is 7.52. The first-order valence-electron chi connectivity index (χ1n) is 8.38. The molecule has 0 aliphatic carbocycles. The molecule has 0 atom stereocenters. The summed E-state index contributed by atoms with van der Waals surface area (Å²) in [5, 5.41) is 2.96. The Bertz CT molecular complexity index is 449. The molecule has 124 valence electrons. The molecule has 1 rings (SSSR count). The first-order chi connectivity index (χ1) is 10.6. The summed E-state index contributed by atoms with van der Waals surface area (Å²) in [6.07, 6.45) is 12.1. The molecule has 0 radical (unpaired) electrons. The van der Waals surface area contributed by atoms with Crippen molar-refractivity contribution in [2.75, 3.05) is 5.32 Å². The van der Waals surface area contributed by atoms with Crippen LogP contribution in [-0.2, 0) is 4.79 Å². The summed E-state index contributed by atoms with van der Waals surface area (Å²) in [6, 6.07) is 5.77. The van der Waals surface area contributed by atoms with E-state index >= 15 is 0 Å². The first-order valence-corrected chi connectivity index (χ1v) is 9.97. The van der Waals surface area contributed by atoms with E-state index in [-0.39, 0.29) is 5.91 Å². The number of halogens is 2. The van der Waals surface area contributed by atoms with Crippen LogP contribution in [-0.4, -0.2) is 5.91 Å². The highest BCUT2D eigenvalue weighted by atomic mass is 79.9. The molecule has 4 heteroatoms. The van der Waals surface area contributed by atoms with Crippen molar-refractivity contribution < 1.29 is 4.79 Å². The van der Waals surface area contributed by atoms with Crippen molar-refractivity contribution >= 4 is 43.5 Å². The summed E-state index contributed by atoms with van der Waals surface area (Å²) >= 11 is 6.86. The van der Waals surface area contributed by atoms with E-state index in [1.807, 2.05) is 18.2 Å². The zero-order chi connectivity index (χ0) is 16.2. The Morgan fingerprint density at radius 2 is 1.55 bits per heavy atom. The second-order valence-electron chi connectivity index (χ2n) is 5.75. The fourth-order valence-corrected chi connectivity index (χ4v) is 3.55. The molecular weight excluding hydrogens is 406 g/mol. The van der Waals surface area contributed by atoms with Crippen LogP contribution in [0.15, 0.2) is 27.1 Å². The molecule has 0 aromatic heterocycles. The van der Waals surface area contributed by atoms with E-state index in [0.717, 1.165) is 27.5 Å². The Labute approximate surface area is 151 Å². The molecule has 1 aromatic rings. The summed E-state index contributed by atoms with van der Waals surface area (Å²) in [5.74, 6) is 0.103. The van der Waals surface area contributed by atoms with Gasteiger partial charge in [-0.1, -0.05) is 74.2 Å². The van der Waals surface area contributed by atoms with Crippen molar-refractivity contribution in [3.05, 3.63) is 27.1 Å². The summed E-state index contributed by atoms with van der Waals surface area (Å²) < 4.78 is 1.90. The van der Waals surface area contributed by atoms with Gasteiger partial charge in [0, 0.05) is 15.4 Å². The summed E-state index contributed by atoms with van der Waals surface area (Å²) in [7, 11) is 0. The maximum atomic E-state index is 11.9. The van der Waals surface area contributed by atoms with Crippen LogP contribution in [0.25, 0.3) is 0 Å². The molecule has 0 aliphatic rings. The average Bonchev–Trinajstić information content (AvgIpc) is 2.48. The fraction of sp³-hybridized carbons (Fsp3) is 0.611. The number of nitrogens with one attached hydrogen (secondary N) is 1. The molecule has 0 bridgehead atoms. The number of rotatable bonds is 11. The normalized spacial score (nSPS) is 10.7. The van der Waals surface area contributed by atoms with Crippen molar-refractivity contribution in [2.45, 2.75) is 71.1 Å². The van der Waals surface area contributed by atoms with Crippen LogP contribution in [0.3, 0.4) is 0 Å². The van der Waals surface area contributed by atoms with Crippen molar-refractivity contribution in [1.82, 2.24) is 0 Å². The monoisotopic (exact) mass is 431 g/mol. The number of carbonyl (C=O) groups excluding carboxylic acids is 1. The number of hydrogen-bond acceptors (Lipinski definition) is 1. The zero-order valence-electron chi connectivity index (χ0n) is 13.5. The molecule has 1 aromatic carbocycles. The average molecular weight is 433 g/mol. The Balaban J connectivity index is 2.06. The molecule has 0 aliphatic heterocycles. The third-order valence-corrected chi connectivity index (χ3v) is 4.86. The molecule has 0 unspecified atom stereocenters. The minimum atomic E-state index is 0.103. The zero-order valence-corrected chi connectivity index (χ0v) is 16.6. The van der Waals surface area contributed by atoms with E-state index in [1.165, 1.54) is 44.9 Å². The summed E-state index contributed by atoms with van der Waals surface area (Å²) in [6.45, 7) is 2.25. The molecule has 0 saturated carbocycles. The molecule has 22 heavy (non-hydrogen) atoms. The van der Waals surface area contributed by atoms with Gasteiger partial charge in [-0.2, -0.15) is 0 Å². The van der Waals surface area contributed by atoms with E-state index in [0.29, 0.717) is 6.42 Å². The lowest BCUT2D eigenvalue weighted by Gasteiger charge is -2.08. The van der Waals surface area contributed by atoms with Gasteiger partial charge in [-0.05, 0) is 40.5 Å². The van der Waals surface area contributed by atoms with Gasteiger partial charge in [-0.3, -0.25) is 4.79 Å². The molecule has 0 heterocycles. The smallest absolute Gasteiger partial charge is 0.224 e. The van der Waals surface area contributed by atoms with Crippen molar-refractivity contribution in [3.8, 4) is 0 Å². The summed E-state index contributed by atoms with van der Waals surface area (Å²) in [4.78, 5) is 11.9. The molecule has 0 spiro atoms. The quantitative estimate of drug-likeness (QED) is 0.372. The summed E-state index contributed by atoms with van der Waals surface area (Å²) in [5.41, 5.74) is 0.837. The Morgan fingerprint density at radius 3 is 2.14 bits per heavy atom. The van der Waals surface area contributed by atoms with E-state index in [2.05, 4.69) is 44.1 Å². The van der Waals surface area contributed by atoms with Crippen LogP contribution in [0.4, 0.5) is 5.69 Å². The maximum absolute atomic E-state index is 11.9. The Hall–Kier alpha value is -0.350. The highest BCUT2D eigenvalue weighted by Gasteiger charge is 2.05. The number of unbranched alkanes of at least 4 members (excludes halogenated alkanes) is 8. The van der Waals surface area contributed by atoms with Gasteiger partial charge in [-0.15, -0.1) is 0 Å². The van der Waals surface area contributed by atoms with Crippen LogP contribution < -0.4 is 5.32 Å². The SMILES string of the molecule is CCCCCCCCCCCC(=O)Nc1ccc(Br)cc1Br. The van der Waals surface area contributed by atoms with Gasteiger partial charge in [0.2, 0.25) is 5.91 Å². The standard InChI is InChI=1S/C18H27Br2NO/c1-2-3-4-5-6-7-8-9-10-11-18(22)21-17-13-12-15(19)14-16(17)20/h12-14H,2-11H2,1H3,(H,21,22). The van der Waals surface area contributed by atoms with Crippen LogP contribution in [0.5, 0.6) is 0 Å².